The van der Waals surface area contributed by atoms with Gasteiger partial charge in [-0.15, -0.1) is 0 Å². The third kappa shape index (κ3) is 4.44. The van der Waals surface area contributed by atoms with Crippen molar-refractivity contribution in [1.82, 2.24) is 9.62 Å². The van der Waals surface area contributed by atoms with Crippen LogP contribution in [0.5, 0.6) is 0 Å². The third-order valence-electron chi connectivity index (χ3n) is 2.80. The van der Waals surface area contributed by atoms with E-state index in [-0.39, 0.29) is 34.6 Å². The molecule has 0 heterocycles. The van der Waals surface area contributed by atoms with Crippen LogP contribution in [0.2, 0.25) is 5.02 Å². The number of hydrogen-bond donors (Lipinski definition) is 1. The normalized spacial score (nSPS) is 11.5. The average molecular weight is 344 g/mol. The fourth-order valence-electron chi connectivity index (χ4n) is 1.84. The van der Waals surface area contributed by atoms with Gasteiger partial charge in [-0.2, -0.15) is 9.57 Å². The highest BCUT2D eigenvalue weighted by Crippen LogP contribution is 2.23. The summed E-state index contributed by atoms with van der Waals surface area (Å²) in [6, 6.07) is 5.75. The Morgan fingerprint density at radius 3 is 2.59 bits per heavy atom. The molecule has 0 atom stereocenters. The molecule has 1 aromatic carbocycles. The molecule has 0 aliphatic rings. The Bertz CT molecular complexity index is 696. The fourth-order valence-corrected chi connectivity index (χ4v) is 3.65. The number of nitrogens with zero attached hydrogens (tertiary/aromatic N) is 2. The predicted molar refractivity (Wildman–Crippen MR) is 83.9 cm³/mol. The van der Waals surface area contributed by atoms with Gasteiger partial charge in [0.1, 0.15) is 11.0 Å². The summed E-state index contributed by atoms with van der Waals surface area (Å²) >= 11 is 5.83. The first-order chi connectivity index (χ1) is 10.2. The first-order valence-electron chi connectivity index (χ1n) is 6.71. The van der Waals surface area contributed by atoms with Gasteiger partial charge in [0.05, 0.1) is 12.1 Å². The van der Waals surface area contributed by atoms with Crippen LogP contribution in [-0.2, 0) is 14.8 Å². The highest BCUT2D eigenvalue weighted by molar-refractivity contribution is 7.89. The van der Waals surface area contributed by atoms with E-state index in [0.717, 1.165) is 4.31 Å². The van der Waals surface area contributed by atoms with E-state index in [1.54, 1.807) is 20.8 Å². The van der Waals surface area contributed by atoms with E-state index in [2.05, 4.69) is 5.32 Å². The molecule has 1 amide bonds. The molecule has 0 bridgehead atoms. The number of rotatable bonds is 6. The Kier molecular flexibility index (Phi) is 6.35. The van der Waals surface area contributed by atoms with Gasteiger partial charge in [0.15, 0.2) is 0 Å². The number of amides is 1. The number of likely N-dealkylation sites (N-methyl/N-ethyl adjacent to an activating group) is 1. The number of sulfonamides is 1. The lowest BCUT2D eigenvalue weighted by Crippen LogP contribution is -2.42. The Morgan fingerprint density at radius 2 is 2.09 bits per heavy atom. The van der Waals surface area contributed by atoms with Crippen molar-refractivity contribution in [2.75, 3.05) is 13.1 Å². The molecular formula is C14H18ClN3O3S. The number of nitriles is 1. The first-order valence-corrected chi connectivity index (χ1v) is 8.53. The first kappa shape index (κ1) is 18.4. The summed E-state index contributed by atoms with van der Waals surface area (Å²) < 4.78 is 26.3. The van der Waals surface area contributed by atoms with Crippen molar-refractivity contribution in [3.8, 4) is 6.07 Å². The Morgan fingerprint density at radius 1 is 1.45 bits per heavy atom. The van der Waals surface area contributed by atoms with Crippen molar-refractivity contribution in [1.29, 1.82) is 5.26 Å². The van der Waals surface area contributed by atoms with Crippen LogP contribution < -0.4 is 5.32 Å². The van der Waals surface area contributed by atoms with Crippen molar-refractivity contribution in [2.24, 2.45) is 0 Å². The molecule has 0 aromatic heterocycles. The second-order valence-corrected chi connectivity index (χ2v) is 7.25. The molecule has 0 aliphatic carbocycles. The van der Waals surface area contributed by atoms with Gasteiger partial charge in [-0.25, -0.2) is 8.42 Å². The minimum Gasteiger partial charge on any atom is -0.353 e. The highest BCUT2D eigenvalue weighted by atomic mass is 35.5. The van der Waals surface area contributed by atoms with E-state index in [9.17, 15) is 13.2 Å². The van der Waals surface area contributed by atoms with E-state index in [4.69, 9.17) is 16.9 Å². The summed E-state index contributed by atoms with van der Waals surface area (Å²) in [5.74, 6) is -0.402. The molecule has 0 saturated heterocycles. The predicted octanol–water partition coefficient (Wildman–Crippen LogP) is 1.75. The second-order valence-electron chi connectivity index (χ2n) is 4.91. The van der Waals surface area contributed by atoms with Crippen LogP contribution in [0.25, 0.3) is 0 Å². The van der Waals surface area contributed by atoms with Gasteiger partial charge in [0, 0.05) is 17.6 Å². The summed E-state index contributed by atoms with van der Waals surface area (Å²) in [7, 11) is -3.98. The van der Waals surface area contributed by atoms with E-state index in [0.29, 0.717) is 0 Å². The smallest absolute Gasteiger partial charge is 0.244 e. The molecule has 1 rings (SSSR count). The molecule has 0 spiro atoms. The number of carbonyl (C=O) groups excluding carboxylic acids is 1. The molecule has 120 valence electrons. The van der Waals surface area contributed by atoms with Crippen molar-refractivity contribution in [3.05, 3.63) is 28.8 Å². The topological polar surface area (TPSA) is 90.3 Å². The fraction of sp³-hybridized carbons (Fsp3) is 0.429. The van der Waals surface area contributed by atoms with Crippen LogP contribution >= 0.6 is 11.6 Å². The molecule has 1 N–H and O–H groups in total. The van der Waals surface area contributed by atoms with Crippen molar-refractivity contribution >= 4 is 27.5 Å². The van der Waals surface area contributed by atoms with E-state index >= 15 is 0 Å². The minimum atomic E-state index is -3.98. The van der Waals surface area contributed by atoms with Gasteiger partial charge in [0.25, 0.3) is 0 Å². The maximum absolute atomic E-state index is 12.7. The summed E-state index contributed by atoms with van der Waals surface area (Å²) in [6.45, 7) is 4.98. The SMILES string of the molecule is CCN(CC(=O)NC(C)C)S(=O)(=O)c1cc(Cl)ccc1C#N. The zero-order valence-electron chi connectivity index (χ0n) is 12.6. The third-order valence-corrected chi connectivity index (χ3v) is 5.00. The Balaban J connectivity index is 3.18. The van der Waals surface area contributed by atoms with Crippen LogP contribution in [-0.4, -0.2) is 37.8 Å². The zero-order valence-corrected chi connectivity index (χ0v) is 14.2. The monoisotopic (exact) mass is 343 g/mol. The molecule has 0 radical (unpaired) electrons. The lowest BCUT2D eigenvalue weighted by molar-refractivity contribution is -0.121. The number of nitrogens with one attached hydrogen (secondary N) is 1. The highest BCUT2D eigenvalue weighted by Gasteiger charge is 2.28. The molecular weight excluding hydrogens is 326 g/mol. The van der Waals surface area contributed by atoms with Gasteiger partial charge >= 0.3 is 0 Å². The summed E-state index contributed by atoms with van der Waals surface area (Å²) in [5.41, 5.74) is -0.00730. The average Bonchev–Trinajstić information content (AvgIpc) is 2.43. The Hall–Kier alpha value is -1.62. The van der Waals surface area contributed by atoms with Crippen LogP contribution in [0.1, 0.15) is 26.3 Å². The van der Waals surface area contributed by atoms with Gasteiger partial charge in [-0.3, -0.25) is 4.79 Å². The largest absolute Gasteiger partial charge is 0.353 e. The summed E-state index contributed by atoms with van der Waals surface area (Å²) in [4.78, 5) is 11.6. The number of hydrogen-bond acceptors (Lipinski definition) is 4. The van der Waals surface area contributed by atoms with Crippen molar-refractivity contribution in [2.45, 2.75) is 31.7 Å². The van der Waals surface area contributed by atoms with Gasteiger partial charge in [0.2, 0.25) is 15.9 Å². The van der Waals surface area contributed by atoms with Crippen molar-refractivity contribution in [3.63, 3.8) is 0 Å². The lowest BCUT2D eigenvalue weighted by Gasteiger charge is -2.21. The van der Waals surface area contributed by atoms with Crippen molar-refractivity contribution < 1.29 is 13.2 Å². The number of benzene rings is 1. The molecule has 22 heavy (non-hydrogen) atoms. The lowest BCUT2D eigenvalue weighted by atomic mass is 10.2. The molecule has 0 fully saturated rings. The van der Waals surface area contributed by atoms with Crippen LogP contribution in [0, 0.1) is 11.3 Å². The summed E-state index contributed by atoms with van der Waals surface area (Å²) in [6.07, 6.45) is 0. The standard InChI is InChI=1S/C14H18ClN3O3S/c1-4-18(9-14(19)17-10(2)3)22(20,21)13-7-12(15)6-5-11(13)8-16/h5-7,10H,4,9H2,1-3H3,(H,17,19). The van der Waals surface area contributed by atoms with Crippen LogP contribution in [0.4, 0.5) is 0 Å². The quantitative estimate of drug-likeness (QED) is 0.851. The Labute approximate surface area is 135 Å². The number of carbonyl (C=O) groups is 1. The van der Waals surface area contributed by atoms with Crippen LogP contribution in [0.3, 0.4) is 0 Å². The second kappa shape index (κ2) is 7.58. The molecule has 0 unspecified atom stereocenters. The number of halogens is 1. The summed E-state index contributed by atoms with van der Waals surface area (Å²) in [5, 5.41) is 11.9. The van der Waals surface area contributed by atoms with Crippen LogP contribution in [0.15, 0.2) is 23.1 Å². The van der Waals surface area contributed by atoms with E-state index < -0.39 is 15.9 Å². The van der Waals surface area contributed by atoms with Gasteiger partial charge in [-0.05, 0) is 32.0 Å². The molecule has 0 saturated carbocycles. The minimum absolute atomic E-state index is 0.00730. The zero-order chi connectivity index (χ0) is 16.9. The van der Waals surface area contributed by atoms with E-state index in [1.807, 2.05) is 6.07 Å². The molecule has 8 heteroatoms. The molecule has 6 nitrogen and oxygen atoms in total. The maximum Gasteiger partial charge on any atom is 0.244 e. The maximum atomic E-state index is 12.7. The van der Waals surface area contributed by atoms with Gasteiger partial charge < -0.3 is 5.32 Å². The molecule has 0 aliphatic heterocycles. The molecule has 1 aromatic rings. The van der Waals surface area contributed by atoms with Gasteiger partial charge in [-0.1, -0.05) is 18.5 Å². The van der Waals surface area contributed by atoms with E-state index in [1.165, 1.54) is 18.2 Å².